The van der Waals surface area contributed by atoms with Crippen LogP contribution in [0.25, 0.3) is 0 Å². The summed E-state index contributed by atoms with van der Waals surface area (Å²) < 4.78 is 0. The number of piperazine rings is 1. The molecule has 0 aromatic heterocycles. The average molecular weight is 268 g/mol. The Morgan fingerprint density at radius 2 is 2.17 bits per heavy atom. The van der Waals surface area contributed by atoms with Gasteiger partial charge in [0, 0.05) is 36.4 Å². The van der Waals surface area contributed by atoms with Crippen molar-refractivity contribution in [1.29, 1.82) is 0 Å². The van der Waals surface area contributed by atoms with Gasteiger partial charge in [0.1, 0.15) is 0 Å². The molecule has 1 unspecified atom stereocenters. The third-order valence-electron chi connectivity index (χ3n) is 3.60. The minimum Gasteiger partial charge on any atom is -0.366 e. The Balaban J connectivity index is 2.26. The van der Waals surface area contributed by atoms with E-state index in [1.807, 2.05) is 6.07 Å². The number of nitrogens with zero attached hydrogens (tertiary/aromatic N) is 2. The summed E-state index contributed by atoms with van der Waals surface area (Å²) in [7, 11) is 2.18. The summed E-state index contributed by atoms with van der Waals surface area (Å²) in [6, 6.07) is 6.69. The third-order valence-corrected chi connectivity index (χ3v) is 3.83. The standard InChI is InChI=1S/C14H22ClN3/c1-11-10-17(2)7-8-18(11)14-4-3-13(15)9-12(14)5-6-16/h3-4,9,11H,5-8,10,16H2,1-2H3. The highest BCUT2D eigenvalue weighted by Crippen LogP contribution is 2.27. The molecule has 4 heteroatoms. The highest BCUT2D eigenvalue weighted by molar-refractivity contribution is 6.30. The van der Waals surface area contributed by atoms with Crippen LogP contribution in [0.3, 0.4) is 0 Å². The summed E-state index contributed by atoms with van der Waals surface area (Å²) >= 11 is 6.08. The predicted octanol–water partition coefficient (Wildman–Crippen LogP) is 1.98. The molecule has 0 bridgehead atoms. The molecule has 0 amide bonds. The van der Waals surface area contributed by atoms with Crippen LogP contribution < -0.4 is 10.6 Å². The molecule has 18 heavy (non-hydrogen) atoms. The molecule has 1 heterocycles. The van der Waals surface area contributed by atoms with Gasteiger partial charge >= 0.3 is 0 Å². The van der Waals surface area contributed by atoms with Crippen LogP contribution in [0.4, 0.5) is 5.69 Å². The van der Waals surface area contributed by atoms with Crippen molar-refractivity contribution in [2.75, 3.05) is 38.1 Å². The first-order chi connectivity index (χ1) is 8.61. The van der Waals surface area contributed by atoms with E-state index in [2.05, 4.69) is 35.9 Å². The van der Waals surface area contributed by atoms with E-state index in [4.69, 9.17) is 17.3 Å². The van der Waals surface area contributed by atoms with E-state index in [1.165, 1.54) is 11.3 Å². The number of hydrogen-bond donors (Lipinski definition) is 1. The molecule has 3 nitrogen and oxygen atoms in total. The van der Waals surface area contributed by atoms with Gasteiger partial charge in [-0.25, -0.2) is 0 Å². The molecule has 1 aliphatic heterocycles. The number of rotatable bonds is 3. The van der Waals surface area contributed by atoms with Gasteiger partial charge in [-0.3, -0.25) is 0 Å². The number of nitrogens with two attached hydrogens (primary N) is 1. The van der Waals surface area contributed by atoms with Crippen LogP contribution >= 0.6 is 11.6 Å². The van der Waals surface area contributed by atoms with Crippen LogP contribution in [0.5, 0.6) is 0 Å². The minimum atomic E-state index is 0.529. The maximum Gasteiger partial charge on any atom is 0.0410 e. The van der Waals surface area contributed by atoms with E-state index in [0.29, 0.717) is 12.6 Å². The Morgan fingerprint density at radius 1 is 1.39 bits per heavy atom. The van der Waals surface area contributed by atoms with E-state index in [0.717, 1.165) is 31.1 Å². The van der Waals surface area contributed by atoms with E-state index < -0.39 is 0 Å². The lowest BCUT2D eigenvalue weighted by molar-refractivity contribution is 0.275. The van der Waals surface area contributed by atoms with Crippen molar-refractivity contribution in [3.05, 3.63) is 28.8 Å². The van der Waals surface area contributed by atoms with Crippen LogP contribution in [0.2, 0.25) is 5.02 Å². The number of halogens is 1. The molecule has 2 rings (SSSR count). The molecule has 2 N–H and O–H groups in total. The number of benzene rings is 1. The Bertz CT molecular complexity index is 408. The molecule has 1 saturated heterocycles. The summed E-state index contributed by atoms with van der Waals surface area (Å²) in [6.07, 6.45) is 0.884. The molecule has 1 aliphatic rings. The lowest BCUT2D eigenvalue weighted by Gasteiger charge is -2.40. The second-order valence-corrected chi connectivity index (χ2v) is 5.55. The van der Waals surface area contributed by atoms with Gasteiger partial charge in [0.15, 0.2) is 0 Å². The smallest absolute Gasteiger partial charge is 0.0410 e. The molecule has 1 aromatic rings. The number of hydrogen-bond acceptors (Lipinski definition) is 3. The van der Waals surface area contributed by atoms with Crippen LogP contribution in [0, 0.1) is 0 Å². The van der Waals surface area contributed by atoms with Crippen molar-refractivity contribution in [1.82, 2.24) is 4.90 Å². The van der Waals surface area contributed by atoms with E-state index >= 15 is 0 Å². The maximum absolute atomic E-state index is 6.08. The fourth-order valence-electron chi connectivity index (χ4n) is 2.69. The van der Waals surface area contributed by atoms with Crippen LogP contribution in [0.1, 0.15) is 12.5 Å². The van der Waals surface area contributed by atoms with Gasteiger partial charge < -0.3 is 15.5 Å². The van der Waals surface area contributed by atoms with Crippen molar-refractivity contribution in [2.45, 2.75) is 19.4 Å². The van der Waals surface area contributed by atoms with Gasteiger partial charge in [0.2, 0.25) is 0 Å². The normalized spacial score (nSPS) is 21.3. The van der Waals surface area contributed by atoms with Crippen molar-refractivity contribution >= 4 is 17.3 Å². The molecule has 0 spiro atoms. The highest BCUT2D eigenvalue weighted by Gasteiger charge is 2.23. The largest absolute Gasteiger partial charge is 0.366 e. The molecular weight excluding hydrogens is 246 g/mol. The van der Waals surface area contributed by atoms with Gasteiger partial charge in [0.05, 0.1) is 0 Å². The molecule has 1 aromatic carbocycles. The van der Waals surface area contributed by atoms with E-state index in [-0.39, 0.29) is 0 Å². The van der Waals surface area contributed by atoms with E-state index in [1.54, 1.807) is 0 Å². The van der Waals surface area contributed by atoms with Gasteiger partial charge in [-0.15, -0.1) is 0 Å². The highest BCUT2D eigenvalue weighted by atomic mass is 35.5. The zero-order valence-corrected chi connectivity index (χ0v) is 12.0. The van der Waals surface area contributed by atoms with Gasteiger partial charge in [-0.05, 0) is 50.7 Å². The average Bonchev–Trinajstić information content (AvgIpc) is 2.31. The van der Waals surface area contributed by atoms with E-state index in [9.17, 15) is 0 Å². The Hall–Kier alpha value is -0.770. The first-order valence-corrected chi connectivity index (χ1v) is 6.93. The second kappa shape index (κ2) is 5.91. The topological polar surface area (TPSA) is 32.5 Å². The quantitative estimate of drug-likeness (QED) is 0.909. The summed E-state index contributed by atoms with van der Waals surface area (Å²) in [6.45, 7) is 6.21. The molecule has 0 radical (unpaired) electrons. The SMILES string of the molecule is CC1CN(C)CCN1c1ccc(Cl)cc1CCN. The fraction of sp³-hybridized carbons (Fsp3) is 0.571. The number of likely N-dealkylation sites (N-methyl/N-ethyl adjacent to an activating group) is 1. The maximum atomic E-state index is 6.08. The summed E-state index contributed by atoms with van der Waals surface area (Å²) in [5, 5.41) is 0.795. The summed E-state index contributed by atoms with van der Waals surface area (Å²) in [4.78, 5) is 4.85. The molecule has 1 atom stereocenters. The molecule has 1 fully saturated rings. The van der Waals surface area contributed by atoms with Crippen LogP contribution in [0.15, 0.2) is 18.2 Å². The Kier molecular flexibility index (Phi) is 4.49. The lowest BCUT2D eigenvalue weighted by Crippen LogP contribution is -2.50. The van der Waals surface area contributed by atoms with Gasteiger partial charge in [-0.1, -0.05) is 11.6 Å². The van der Waals surface area contributed by atoms with Gasteiger partial charge in [-0.2, -0.15) is 0 Å². The van der Waals surface area contributed by atoms with Gasteiger partial charge in [0.25, 0.3) is 0 Å². The lowest BCUT2D eigenvalue weighted by atomic mass is 10.1. The predicted molar refractivity (Wildman–Crippen MR) is 78.5 cm³/mol. The Morgan fingerprint density at radius 3 is 2.83 bits per heavy atom. The van der Waals surface area contributed by atoms with Crippen LogP contribution in [-0.2, 0) is 6.42 Å². The fourth-order valence-corrected chi connectivity index (χ4v) is 2.88. The zero-order chi connectivity index (χ0) is 13.1. The van der Waals surface area contributed by atoms with Crippen LogP contribution in [-0.4, -0.2) is 44.2 Å². The van der Waals surface area contributed by atoms with Crippen molar-refractivity contribution < 1.29 is 0 Å². The molecule has 0 aliphatic carbocycles. The first kappa shape index (κ1) is 13.7. The van der Waals surface area contributed by atoms with Crippen molar-refractivity contribution in [2.24, 2.45) is 5.73 Å². The first-order valence-electron chi connectivity index (χ1n) is 6.55. The number of anilines is 1. The zero-order valence-electron chi connectivity index (χ0n) is 11.2. The second-order valence-electron chi connectivity index (χ2n) is 5.12. The molecule has 100 valence electrons. The monoisotopic (exact) mass is 267 g/mol. The van der Waals surface area contributed by atoms with Crippen molar-refractivity contribution in [3.8, 4) is 0 Å². The third kappa shape index (κ3) is 2.97. The minimum absolute atomic E-state index is 0.529. The Labute approximate surface area is 115 Å². The van der Waals surface area contributed by atoms with Crippen molar-refractivity contribution in [3.63, 3.8) is 0 Å². The molecular formula is C14H22ClN3. The molecule has 0 saturated carbocycles. The summed E-state index contributed by atoms with van der Waals surface area (Å²) in [5.74, 6) is 0. The summed E-state index contributed by atoms with van der Waals surface area (Å²) in [5.41, 5.74) is 8.26.